The van der Waals surface area contributed by atoms with Gasteiger partial charge in [0, 0.05) is 24.6 Å². The van der Waals surface area contributed by atoms with E-state index in [4.69, 9.17) is 4.52 Å². The predicted octanol–water partition coefficient (Wildman–Crippen LogP) is 3.68. The van der Waals surface area contributed by atoms with E-state index in [1.807, 2.05) is 42.5 Å². The van der Waals surface area contributed by atoms with Crippen LogP contribution in [0.4, 0.5) is 0 Å². The second-order valence-corrected chi connectivity index (χ2v) is 7.53. The lowest BCUT2D eigenvalue weighted by Gasteiger charge is -2.16. The summed E-state index contributed by atoms with van der Waals surface area (Å²) in [5.74, 6) is 0.954. The van der Waals surface area contributed by atoms with Gasteiger partial charge in [0.1, 0.15) is 0 Å². The summed E-state index contributed by atoms with van der Waals surface area (Å²) in [5, 5.41) is 16.7. The molecule has 0 unspecified atom stereocenters. The van der Waals surface area contributed by atoms with Crippen molar-refractivity contribution >= 4 is 5.91 Å². The molecule has 1 amide bonds. The molecule has 0 fully saturated rings. The van der Waals surface area contributed by atoms with Crippen LogP contribution in [0, 0.1) is 6.92 Å². The zero-order valence-corrected chi connectivity index (χ0v) is 16.4. The summed E-state index contributed by atoms with van der Waals surface area (Å²) in [6.45, 7) is 5.75. The van der Waals surface area contributed by atoms with E-state index in [1.54, 1.807) is 26.8 Å². The SMILES string of the molecule is Cc1nc(-c2ccc(CNC(=O)c3cccc(CCC(C)(C)O)c3)cc2)no1. The van der Waals surface area contributed by atoms with Crippen LogP contribution in [-0.4, -0.2) is 26.8 Å². The molecule has 0 aliphatic heterocycles. The van der Waals surface area contributed by atoms with Crippen LogP contribution in [0.15, 0.2) is 53.1 Å². The molecule has 3 rings (SSSR count). The second kappa shape index (κ2) is 8.35. The molecule has 1 heterocycles. The number of rotatable bonds is 7. The summed E-state index contributed by atoms with van der Waals surface area (Å²) in [7, 11) is 0. The zero-order chi connectivity index (χ0) is 20.1. The molecule has 0 bridgehead atoms. The van der Waals surface area contributed by atoms with E-state index in [2.05, 4.69) is 15.5 Å². The van der Waals surface area contributed by atoms with Crippen molar-refractivity contribution < 1.29 is 14.4 Å². The fourth-order valence-corrected chi connectivity index (χ4v) is 2.79. The summed E-state index contributed by atoms with van der Waals surface area (Å²) in [6.07, 6.45) is 1.37. The van der Waals surface area contributed by atoms with Crippen LogP contribution < -0.4 is 5.32 Å². The number of nitrogens with one attached hydrogen (secondary N) is 1. The summed E-state index contributed by atoms with van der Waals surface area (Å²) in [5.41, 5.74) is 2.79. The Morgan fingerprint density at radius 2 is 1.89 bits per heavy atom. The van der Waals surface area contributed by atoms with Gasteiger partial charge in [0.25, 0.3) is 5.91 Å². The maximum absolute atomic E-state index is 12.5. The van der Waals surface area contributed by atoms with Crippen LogP contribution in [0.25, 0.3) is 11.4 Å². The van der Waals surface area contributed by atoms with Crippen molar-refractivity contribution in [3.63, 3.8) is 0 Å². The molecular formula is C22H25N3O3. The molecule has 0 aliphatic rings. The van der Waals surface area contributed by atoms with Gasteiger partial charge in [-0.1, -0.05) is 41.6 Å². The van der Waals surface area contributed by atoms with Gasteiger partial charge in [0.2, 0.25) is 11.7 Å². The van der Waals surface area contributed by atoms with Crippen LogP contribution in [0.2, 0.25) is 0 Å². The van der Waals surface area contributed by atoms with Crippen molar-refractivity contribution in [3.05, 3.63) is 71.1 Å². The first-order valence-electron chi connectivity index (χ1n) is 9.29. The highest BCUT2D eigenvalue weighted by Gasteiger charge is 2.13. The van der Waals surface area contributed by atoms with Gasteiger partial charge in [-0.2, -0.15) is 4.98 Å². The first-order valence-corrected chi connectivity index (χ1v) is 9.29. The van der Waals surface area contributed by atoms with Crippen molar-refractivity contribution in [3.8, 4) is 11.4 Å². The second-order valence-electron chi connectivity index (χ2n) is 7.53. The molecule has 0 spiro atoms. The zero-order valence-electron chi connectivity index (χ0n) is 16.4. The Hall–Kier alpha value is -2.99. The van der Waals surface area contributed by atoms with Gasteiger partial charge < -0.3 is 14.9 Å². The molecule has 3 aromatic rings. The Bertz CT molecular complexity index is 940. The molecule has 146 valence electrons. The summed E-state index contributed by atoms with van der Waals surface area (Å²) in [6, 6.07) is 15.2. The van der Waals surface area contributed by atoms with Gasteiger partial charge >= 0.3 is 0 Å². The summed E-state index contributed by atoms with van der Waals surface area (Å²) >= 11 is 0. The lowest BCUT2D eigenvalue weighted by Crippen LogP contribution is -2.23. The first-order chi connectivity index (χ1) is 13.3. The molecule has 2 aromatic carbocycles. The van der Waals surface area contributed by atoms with Gasteiger partial charge in [-0.15, -0.1) is 0 Å². The molecular weight excluding hydrogens is 354 g/mol. The number of carbonyl (C=O) groups is 1. The van der Waals surface area contributed by atoms with Crippen LogP contribution in [0.1, 0.15) is 47.6 Å². The minimum absolute atomic E-state index is 0.122. The maximum Gasteiger partial charge on any atom is 0.251 e. The summed E-state index contributed by atoms with van der Waals surface area (Å²) in [4.78, 5) is 16.7. The number of hydrogen-bond acceptors (Lipinski definition) is 5. The average Bonchev–Trinajstić information content (AvgIpc) is 3.11. The van der Waals surface area contributed by atoms with E-state index in [1.165, 1.54) is 0 Å². The van der Waals surface area contributed by atoms with E-state index in [0.29, 0.717) is 30.2 Å². The van der Waals surface area contributed by atoms with Crippen LogP contribution in [0.5, 0.6) is 0 Å². The molecule has 0 saturated carbocycles. The largest absolute Gasteiger partial charge is 0.390 e. The molecule has 0 radical (unpaired) electrons. The van der Waals surface area contributed by atoms with Gasteiger partial charge in [-0.05, 0) is 49.9 Å². The third-order valence-corrected chi connectivity index (χ3v) is 4.41. The van der Waals surface area contributed by atoms with Crippen LogP contribution >= 0.6 is 0 Å². The Kier molecular flexibility index (Phi) is 5.90. The molecule has 28 heavy (non-hydrogen) atoms. The molecule has 0 saturated heterocycles. The Labute approximate surface area is 164 Å². The lowest BCUT2D eigenvalue weighted by atomic mass is 9.98. The van der Waals surface area contributed by atoms with Gasteiger partial charge in [-0.3, -0.25) is 4.79 Å². The first kappa shape index (κ1) is 19.8. The monoisotopic (exact) mass is 379 g/mol. The molecule has 6 nitrogen and oxygen atoms in total. The third kappa shape index (κ3) is 5.50. The van der Waals surface area contributed by atoms with Crippen LogP contribution in [0.3, 0.4) is 0 Å². The molecule has 2 N–H and O–H groups in total. The van der Waals surface area contributed by atoms with E-state index in [9.17, 15) is 9.90 Å². The normalized spacial score (nSPS) is 11.4. The van der Waals surface area contributed by atoms with E-state index in [0.717, 1.165) is 23.1 Å². The number of amides is 1. The number of aryl methyl sites for hydroxylation is 2. The van der Waals surface area contributed by atoms with Crippen molar-refractivity contribution in [2.24, 2.45) is 0 Å². The number of carbonyl (C=O) groups excluding carboxylic acids is 1. The topological polar surface area (TPSA) is 88.2 Å². The van der Waals surface area contributed by atoms with E-state index in [-0.39, 0.29) is 5.91 Å². The smallest absolute Gasteiger partial charge is 0.251 e. The maximum atomic E-state index is 12.5. The van der Waals surface area contributed by atoms with Crippen molar-refractivity contribution in [1.29, 1.82) is 0 Å². The highest BCUT2D eigenvalue weighted by Crippen LogP contribution is 2.17. The number of aliphatic hydroxyl groups is 1. The van der Waals surface area contributed by atoms with Crippen LogP contribution in [-0.2, 0) is 13.0 Å². The molecule has 1 aromatic heterocycles. The van der Waals surface area contributed by atoms with Crippen molar-refractivity contribution in [2.45, 2.75) is 45.8 Å². The minimum Gasteiger partial charge on any atom is -0.390 e. The number of benzene rings is 2. The molecule has 6 heteroatoms. The minimum atomic E-state index is -0.718. The Morgan fingerprint density at radius 3 is 2.54 bits per heavy atom. The van der Waals surface area contributed by atoms with Gasteiger partial charge in [-0.25, -0.2) is 0 Å². The van der Waals surface area contributed by atoms with Gasteiger partial charge in [0.15, 0.2) is 0 Å². The highest BCUT2D eigenvalue weighted by molar-refractivity contribution is 5.94. The molecule has 0 aliphatic carbocycles. The van der Waals surface area contributed by atoms with E-state index >= 15 is 0 Å². The summed E-state index contributed by atoms with van der Waals surface area (Å²) < 4.78 is 4.99. The van der Waals surface area contributed by atoms with Crippen molar-refractivity contribution in [2.75, 3.05) is 0 Å². The predicted molar refractivity (Wildman–Crippen MR) is 107 cm³/mol. The Morgan fingerprint density at radius 1 is 1.14 bits per heavy atom. The van der Waals surface area contributed by atoms with Gasteiger partial charge in [0.05, 0.1) is 5.60 Å². The van der Waals surface area contributed by atoms with Crippen molar-refractivity contribution in [1.82, 2.24) is 15.5 Å². The number of hydrogen-bond donors (Lipinski definition) is 2. The number of nitrogens with zero attached hydrogens (tertiary/aromatic N) is 2. The standard InChI is InChI=1S/C22H25N3O3/c1-15-24-20(25-28-15)18-9-7-17(8-10-18)14-23-21(26)19-6-4-5-16(13-19)11-12-22(2,3)27/h4-10,13,27H,11-12,14H2,1-3H3,(H,23,26). The quantitative estimate of drug-likeness (QED) is 0.654. The average molecular weight is 379 g/mol. The fourth-order valence-electron chi connectivity index (χ4n) is 2.79. The number of aromatic nitrogens is 2. The fraction of sp³-hybridized carbons (Fsp3) is 0.318. The lowest BCUT2D eigenvalue weighted by molar-refractivity contribution is 0.0714. The third-order valence-electron chi connectivity index (χ3n) is 4.41. The van der Waals surface area contributed by atoms with E-state index < -0.39 is 5.60 Å². The molecule has 0 atom stereocenters. The Balaban J connectivity index is 1.58. The highest BCUT2D eigenvalue weighted by atomic mass is 16.5.